The molecule has 1 aromatic heterocycles. The van der Waals surface area contributed by atoms with Crippen LogP contribution in [0, 0.1) is 5.82 Å². The van der Waals surface area contributed by atoms with Crippen molar-refractivity contribution in [2.75, 3.05) is 18.0 Å². The third kappa shape index (κ3) is 2.73. The topological polar surface area (TPSA) is 49.3 Å². The molecule has 2 aromatic rings. The minimum atomic E-state index is -0.246. The first-order valence-corrected chi connectivity index (χ1v) is 9.03. The van der Waals surface area contributed by atoms with E-state index in [9.17, 15) is 9.18 Å². The van der Waals surface area contributed by atoms with Crippen LogP contribution in [0.25, 0.3) is 0 Å². The highest BCUT2D eigenvalue weighted by molar-refractivity contribution is 5.93. The highest BCUT2D eigenvalue weighted by Gasteiger charge is 2.55. The molecule has 0 saturated carbocycles. The summed E-state index contributed by atoms with van der Waals surface area (Å²) in [5, 5.41) is 0. The average Bonchev–Trinajstić information content (AvgIpc) is 3.14. The summed E-state index contributed by atoms with van der Waals surface area (Å²) in [6.07, 6.45) is 7.42. The molecule has 1 spiro atoms. The molecule has 1 amide bonds. The van der Waals surface area contributed by atoms with Crippen LogP contribution < -0.4 is 4.90 Å². The Morgan fingerprint density at radius 2 is 2.12 bits per heavy atom. The Kier molecular flexibility index (Phi) is 3.93. The van der Waals surface area contributed by atoms with E-state index in [1.54, 1.807) is 24.5 Å². The zero-order valence-electron chi connectivity index (χ0n) is 15.2. The maximum Gasteiger partial charge on any atom is 0.274 e. The van der Waals surface area contributed by atoms with Crippen molar-refractivity contribution in [3.8, 4) is 0 Å². The lowest BCUT2D eigenvalue weighted by atomic mass is 9.87. The molecule has 0 N–H and O–H groups in total. The highest BCUT2D eigenvalue weighted by Crippen LogP contribution is 2.47. The van der Waals surface area contributed by atoms with Crippen molar-refractivity contribution in [2.24, 2.45) is 0 Å². The van der Waals surface area contributed by atoms with E-state index >= 15 is 0 Å². The van der Waals surface area contributed by atoms with Crippen molar-refractivity contribution in [1.29, 1.82) is 0 Å². The van der Waals surface area contributed by atoms with Gasteiger partial charge in [0.1, 0.15) is 11.5 Å². The van der Waals surface area contributed by atoms with E-state index in [1.165, 1.54) is 12.3 Å². The van der Waals surface area contributed by atoms with Gasteiger partial charge in [0.25, 0.3) is 5.91 Å². The molecular formula is C20H23FN4O. The average molecular weight is 354 g/mol. The van der Waals surface area contributed by atoms with Crippen molar-refractivity contribution in [1.82, 2.24) is 14.9 Å². The van der Waals surface area contributed by atoms with Crippen LogP contribution in [-0.2, 0) is 0 Å². The van der Waals surface area contributed by atoms with Gasteiger partial charge in [0.15, 0.2) is 0 Å². The summed E-state index contributed by atoms with van der Waals surface area (Å²) in [5.41, 5.74) is 0.838. The predicted molar refractivity (Wildman–Crippen MR) is 97.5 cm³/mol. The van der Waals surface area contributed by atoms with Crippen LogP contribution in [0.3, 0.4) is 0 Å². The second-order valence-corrected chi connectivity index (χ2v) is 7.93. The number of hydrogen-bond acceptors (Lipinski definition) is 4. The van der Waals surface area contributed by atoms with Crippen LogP contribution in [0.15, 0.2) is 42.9 Å². The largest absolute Gasteiger partial charge is 0.364 e. The zero-order valence-corrected chi connectivity index (χ0v) is 15.2. The normalized spacial score (nSPS) is 24.4. The lowest BCUT2D eigenvalue weighted by Gasteiger charge is -2.35. The Bertz CT molecular complexity index is 826. The Morgan fingerprint density at radius 3 is 2.85 bits per heavy atom. The molecule has 6 heteroatoms. The number of carbonyl (C=O) groups is 1. The van der Waals surface area contributed by atoms with Crippen molar-refractivity contribution < 1.29 is 9.18 Å². The molecule has 0 aliphatic carbocycles. The van der Waals surface area contributed by atoms with Gasteiger partial charge in [0.2, 0.25) is 0 Å². The van der Waals surface area contributed by atoms with E-state index in [1.807, 2.05) is 11.0 Å². The van der Waals surface area contributed by atoms with Gasteiger partial charge in [-0.15, -0.1) is 0 Å². The second-order valence-electron chi connectivity index (χ2n) is 7.93. The van der Waals surface area contributed by atoms with Gasteiger partial charge >= 0.3 is 0 Å². The first kappa shape index (κ1) is 16.9. The third-order valence-corrected chi connectivity index (χ3v) is 5.69. The van der Waals surface area contributed by atoms with Gasteiger partial charge in [0, 0.05) is 36.7 Å². The summed E-state index contributed by atoms with van der Waals surface area (Å²) in [6.45, 7) is 5.75. The number of halogens is 1. The van der Waals surface area contributed by atoms with Gasteiger partial charge in [0.05, 0.1) is 11.7 Å². The maximum atomic E-state index is 13.8. The van der Waals surface area contributed by atoms with Crippen molar-refractivity contribution >= 4 is 11.6 Å². The van der Waals surface area contributed by atoms with Gasteiger partial charge in [-0.2, -0.15) is 0 Å². The molecule has 1 atom stereocenters. The van der Waals surface area contributed by atoms with E-state index in [4.69, 9.17) is 0 Å². The molecule has 0 bridgehead atoms. The summed E-state index contributed by atoms with van der Waals surface area (Å²) in [7, 11) is 0. The molecule has 2 aliphatic heterocycles. The highest BCUT2D eigenvalue weighted by atomic mass is 19.1. The van der Waals surface area contributed by atoms with E-state index in [0.29, 0.717) is 12.2 Å². The number of nitrogens with zero attached hydrogens (tertiary/aromatic N) is 4. The van der Waals surface area contributed by atoms with Crippen LogP contribution in [0.2, 0.25) is 0 Å². The summed E-state index contributed by atoms with van der Waals surface area (Å²) >= 11 is 0. The van der Waals surface area contributed by atoms with Gasteiger partial charge in [-0.25, -0.2) is 9.37 Å². The standard InChI is InChI=1S/C20H23FN4O/c1-19(2)13-20(14-25(19)16-6-3-5-15(21)11-16)7-4-10-24(20)18(26)17-12-22-8-9-23-17/h3,5-6,8-9,11-12H,4,7,10,13-14H2,1-2H3. The van der Waals surface area contributed by atoms with Gasteiger partial charge < -0.3 is 9.80 Å². The van der Waals surface area contributed by atoms with Gasteiger partial charge in [-0.1, -0.05) is 6.07 Å². The van der Waals surface area contributed by atoms with E-state index in [2.05, 4.69) is 28.7 Å². The number of rotatable bonds is 2. The monoisotopic (exact) mass is 354 g/mol. The first-order chi connectivity index (χ1) is 12.4. The summed E-state index contributed by atoms with van der Waals surface area (Å²) < 4.78 is 13.8. The lowest BCUT2D eigenvalue weighted by molar-refractivity contribution is 0.0610. The number of anilines is 1. The number of hydrogen-bond donors (Lipinski definition) is 0. The van der Waals surface area contributed by atoms with E-state index in [-0.39, 0.29) is 22.8 Å². The molecule has 0 radical (unpaired) electrons. The Morgan fingerprint density at radius 1 is 1.27 bits per heavy atom. The van der Waals surface area contributed by atoms with Crippen molar-refractivity contribution in [3.63, 3.8) is 0 Å². The van der Waals surface area contributed by atoms with Crippen molar-refractivity contribution in [2.45, 2.75) is 44.2 Å². The van der Waals surface area contributed by atoms with Gasteiger partial charge in [-0.3, -0.25) is 9.78 Å². The molecule has 2 saturated heterocycles. The molecule has 4 rings (SSSR count). The van der Waals surface area contributed by atoms with Crippen LogP contribution in [0.4, 0.5) is 10.1 Å². The molecule has 1 unspecified atom stereocenters. The summed E-state index contributed by atoms with van der Waals surface area (Å²) in [6, 6.07) is 6.71. The molecule has 136 valence electrons. The molecule has 2 fully saturated rings. The number of likely N-dealkylation sites (tertiary alicyclic amines) is 1. The molecular weight excluding hydrogens is 331 g/mol. The minimum absolute atomic E-state index is 0.0625. The molecule has 3 heterocycles. The molecule has 2 aliphatic rings. The quantitative estimate of drug-likeness (QED) is 0.830. The maximum absolute atomic E-state index is 13.8. The lowest BCUT2D eigenvalue weighted by Crippen LogP contribution is -2.49. The Balaban J connectivity index is 1.67. The smallest absolute Gasteiger partial charge is 0.274 e. The fourth-order valence-electron chi connectivity index (χ4n) is 4.70. The molecule has 26 heavy (non-hydrogen) atoms. The summed E-state index contributed by atoms with van der Waals surface area (Å²) in [5.74, 6) is -0.300. The molecule has 1 aromatic carbocycles. The van der Waals surface area contributed by atoms with E-state index < -0.39 is 0 Å². The first-order valence-electron chi connectivity index (χ1n) is 9.03. The zero-order chi connectivity index (χ0) is 18.4. The summed E-state index contributed by atoms with van der Waals surface area (Å²) in [4.78, 5) is 25.5. The Hall–Kier alpha value is -2.50. The predicted octanol–water partition coefficient (Wildman–Crippen LogP) is 3.28. The SMILES string of the molecule is CC1(C)CC2(CCCN2C(=O)c2cnccn2)CN1c1cccc(F)c1. The number of amides is 1. The van der Waals surface area contributed by atoms with Crippen molar-refractivity contribution in [3.05, 3.63) is 54.4 Å². The van der Waals surface area contributed by atoms with E-state index in [0.717, 1.165) is 31.5 Å². The second kappa shape index (κ2) is 6.04. The Labute approximate surface area is 152 Å². The third-order valence-electron chi connectivity index (χ3n) is 5.69. The van der Waals surface area contributed by atoms with Crippen LogP contribution in [0.1, 0.15) is 43.6 Å². The number of carbonyl (C=O) groups excluding carboxylic acids is 1. The van der Waals surface area contributed by atoms with Crippen LogP contribution >= 0.6 is 0 Å². The number of benzene rings is 1. The fraction of sp³-hybridized carbons (Fsp3) is 0.450. The minimum Gasteiger partial charge on any atom is -0.364 e. The molecule has 5 nitrogen and oxygen atoms in total. The fourth-order valence-corrected chi connectivity index (χ4v) is 4.70. The van der Waals surface area contributed by atoms with Crippen LogP contribution in [-0.4, -0.2) is 44.9 Å². The van der Waals surface area contributed by atoms with Crippen LogP contribution in [0.5, 0.6) is 0 Å². The number of aromatic nitrogens is 2. The van der Waals surface area contributed by atoms with Gasteiger partial charge in [-0.05, 0) is 51.3 Å².